The van der Waals surface area contributed by atoms with Gasteiger partial charge >= 0.3 is 0 Å². The Morgan fingerprint density at radius 2 is 2.17 bits per heavy atom. The molecule has 0 aliphatic carbocycles. The van der Waals surface area contributed by atoms with Crippen molar-refractivity contribution >= 4 is 21.2 Å². The SMILES string of the molecule is CNCCc1cnc(CC2CCS(=O)(=O)CC2)s1. The summed E-state index contributed by atoms with van der Waals surface area (Å²) in [6, 6.07) is 0. The normalized spacial score (nSPS) is 20.1. The van der Waals surface area contributed by atoms with Crippen molar-refractivity contribution in [1.82, 2.24) is 10.3 Å². The molecule has 0 amide bonds. The third-order valence-corrected chi connectivity index (χ3v) is 6.16. The van der Waals surface area contributed by atoms with Gasteiger partial charge < -0.3 is 5.32 Å². The van der Waals surface area contributed by atoms with Crippen molar-refractivity contribution in [2.24, 2.45) is 5.92 Å². The molecule has 1 N–H and O–H groups in total. The predicted octanol–water partition coefficient (Wildman–Crippen LogP) is 1.27. The molecule has 0 bridgehead atoms. The summed E-state index contributed by atoms with van der Waals surface area (Å²) >= 11 is 1.77. The second kappa shape index (κ2) is 6.12. The zero-order valence-corrected chi connectivity index (χ0v) is 12.3. The number of nitrogens with one attached hydrogen (secondary N) is 1. The van der Waals surface area contributed by atoms with Crippen molar-refractivity contribution < 1.29 is 8.42 Å². The third kappa shape index (κ3) is 4.03. The number of sulfone groups is 1. The van der Waals surface area contributed by atoms with E-state index in [9.17, 15) is 8.42 Å². The lowest BCUT2D eigenvalue weighted by molar-refractivity contribution is 0.462. The van der Waals surface area contributed by atoms with Crippen LogP contribution in [0.1, 0.15) is 22.7 Å². The molecule has 6 heteroatoms. The minimum Gasteiger partial charge on any atom is -0.319 e. The first-order chi connectivity index (χ1) is 8.59. The van der Waals surface area contributed by atoms with Crippen molar-refractivity contribution in [2.75, 3.05) is 25.1 Å². The van der Waals surface area contributed by atoms with Crippen LogP contribution in [0.5, 0.6) is 0 Å². The summed E-state index contributed by atoms with van der Waals surface area (Å²) in [4.78, 5) is 5.75. The monoisotopic (exact) mass is 288 g/mol. The second-order valence-electron chi connectivity index (χ2n) is 4.87. The molecule has 0 spiro atoms. The van der Waals surface area contributed by atoms with E-state index in [1.807, 2.05) is 13.2 Å². The van der Waals surface area contributed by atoms with Crippen LogP contribution in [-0.4, -0.2) is 38.5 Å². The van der Waals surface area contributed by atoms with Crippen LogP contribution >= 0.6 is 11.3 Å². The first-order valence-electron chi connectivity index (χ1n) is 6.37. The summed E-state index contributed by atoms with van der Waals surface area (Å²) in [6.07, 6.45) is 5.52. The molecule has 1 fully saturated rings. The number of thiazole rings is 1. The summed E-state index contributed by atoms with van der Waals surface area (Å²) in [6.45, 7) is 0.976. The molecule has 0 aromatic carbocycles. The highest BCUT2D eigenvalue weighted by Crippen LogP contribution is 2.25. The quantitative estimate of drug-likeness (QED) is 0.886. The van der Waals surface area contributed by atoms with Gasteiger partial charge in [-0.05, 0) is 38.8 Å². The van der Waals surface area contributed by atoms with E-state index in [1.54, 1.807) is 11.3 Å². The molecule has 1 aliphatic heterocycles. The minimum atomic E-state index is -2.74. The molecule has 2 heterocycles. The van der Waals surface area contributed by atoms with E-state index in [0.717, 1.165) is 37.2 Å². The Morgan fingerprint density at radius 1 is 1.44 bits per heavy atom. The molecule has 0 atom stereocenters. The lowest BCUT2D eigenvalue weighted by Crippen LogP contribution is -2.24. The van der Waals surface area contributed by atoms with Gasteiger partial charge in [-0.2, -0.15) is 0 Å². The molecule has 4 nitrogen and oxygen atoms in total. The standard InChI is InChI=1S/C12H20N2O2S2/c1-13-5-2-11-9-14-12(17-11)8-10-3-6-18(15,16)7-4-10/h9-10,13H,2-8H2,1H3. The average Bonchev–Trinajstić information content (AvgIpc) is 2.77. The Kier molecular flexibility index (Phi) is 4.75. The Bertz CT molecular complexity index is 468. The van der Waals surface area contributed by atoms with E-state index < -0.39 is 9.84 Å². The fourth-order valence-corrected chi connectivity index (χ4v) is 4.82. The fourth-order valence-electron chi connectivity index (χ4n) is 2.20. The van der Waals surface area contributed by atoms with Gasteiger partial charge in [-0.3, -0.25) is 0 Å². The number of aromatic nitrogens is 1. The van der Waals surface area contributed by atoms with Crippen molar-refractivity contribution in [3.63, 3.8) is 0 Å². The molecule has 1 saturated heterocycles. The van der Waals surface area contributed by atoms with Gasteiger partial charge in [-0.25, -0.2) is 13.4 Å². The zero-order valence-electron chi connectivity index (χ0n) is 10.7. The highest BCUT2D eigenvalue weighted by molar-refractivity contribution is 7.91. The lowest BCUT2D eigenvalue weighted by Gasteiger charge is -2.20. The maximum Gasteiger partial charge on any atom is 0.150 e. The molecule has 1 aromatic heterocycles. The van der Waals surface area contributed by atoms with Gasteiger partial charge in [0.1, 0.15) is 9.84 Å². The maximum absolute atomic E-state index is 11.4. The first kappa shape index (κ1) is 14.0. The molecular weight excluding hydrogens is 268 g/mol. The van der Waals surface area contributed by atoms with Crippen molar-refractivity contribution in [2.45, 2.75) is 25.7 Å². The van der Waals surface area contributed by atoms with Crippen LogP contribution in [0, 0.1) is 5.92 Å². The average molecular weight is 288 g/mol. The minimum absolute atomic E-state index is 0.357. The van der Waals surface area contributed by atoms with Gasteiger partial charge in [-0.1, -0.05) is 0 Å². The largest absolute Gasteiger partial charge is 0.319 e. The van der Waals surface area contributed by atoms with E-state index in [1.165, 1.54) is 4.88 Å². The Hall–Kier alpha value is -0.460. The van der Waals surface area contributed by atoms with E-state index >= 15 is 0 Å². The summed E-state index contributed by atoms with van der Waals surface area (Å²) in [7, 11) is -0.791. The van der Waals surface area contributed by atoms with E-state index in [0.29, 0.717) is 17.4 Å². The van der Waals surface area contributed by atoms with Gasteiger partial charge in [0.25, 0.3) is 0 Å². The molecule has 2 rings (SSSR count). The van der Waals surface area contributed by atoms with Crippen LogP contribution in [0.25, 0.3) is 0 Å². The lowest BCUT2D eigenvalue weighted by atomic mass is 9.99. The molecule has 102 valence electrons. The second-order valence-corrected chi connectivity index (χ2v) is 8.38. The van der Waals surface area contributed by atoms with Crippen LogP contribution in [0.2, 0.25) is 0 Å². The van der Waals surface area contributed by atoms with Crippen molar-refractivity contribution in [3.05, 3.63) is 16.1 Å². The number of likely N-dealkylation sites (N-methyl/N-ethyl adjacent to an activating group) is 1. The number of hydrogen-bond donors (Lipinski definition) is 1. The summed E-state index contributed by atoms with van der Waals surface area (Å²) in [5.74, 6) is 1.21. The van der Waals surface area contributed by atoms with Crippen LogP contribution in [0.3, 0.4) is 0 Å². The van der Waals surface area contributed by atoms with E-state index in [-0.39, 0.29) is 0 Å². The Morgan fingerprint density at radius 3 is 2.83 bits per heavy atom. The molecule has 18 heavy (non-hydrogen) atoms. The van der Waals surface area contributed by atoms with Crippen LogP contribution in [0.4, 0.5) is 0 Å². The van der Waals surface area contributed by atoms with Gasteiger partial charge in [0.2, 0.25) is 0 Å². The summed E-state index contributed by atoms with van der Waals surface area (Å²) in [5, 5.41) is 4.29. The van der Waals surface area contributed by atoms with Gasteiger partial charge in [0.05, 0.1) is 16.5 Å². The molecule has 0 unspecified atom stereocenters. The fraction of sp³-hybridized carbons (Fsp3) is 0.750. The predicted molar refractivity (Wildman–Crippen MR) is 74.8 cm³/mol. The Labute approximate surface area is 113 Å². The Balaban J connectivity index is 1.84. The highest BCUT2D eigenvalue weighted by atomic mass is 32.2. The van der Waals surface area contributed by atoms with Gasteiger partial charge in [-0.15, -0.1) is 11.3 Å². The molecule has 0 radical (unpaired) electrons. The molecule has 1 aromatic rings. The van der Waals surface area contributed by atoms with E-state index in [2.05, 4.69) is 10.3 Å². The first-order valence-corrected chi connectivity index (χ1v) is 9.01. The summed E-state index contributed by atoms with van der Waals surface area (Å²) in [5.41, 5.74) is 0. The van der Waals surface area contributed by atoms with Gasteiger partial charge in [0.15, 0.2) is 0 Å². The number of rotatable bonds is 5. The van der Waals surface area contributed by atoms with Crippen LogP contribution in [0.15, 0.2) is 6.20 Å². The smallest absolute Gasteiger partial charge is 0.150 e. The van der Waals surface area contributed by atoms with Crippen LogP contribution < -0.4 is 5.32 Å². The van der Waals surface area contributed by atoms with Gasteiger partial charge in [0, 0.05) is 17.5 Å². The third-order valence-electron chi connectivity index (χ3n) is 3.36. The molecular formula is C12H20N2O2S2. The number of nitrogens with zero attached hydrogens (tertiary/aromatic N) is 1. The van der Waals surface area contributed by atoms with Crippen molar-refractivity contribution in [3.8, 4) is 0 Å². The van der Waals surface area contributed by atoms with Crippen molar-refractivity contribution in [1.29, 1.82) is 0 Å². The summed E-state index contributed by atoms with van der Waals surface area (Å²) < 4.78 is 22.7. The molecule has 1 aliphatic rings. The number of hydrogen-bond acceptors (Lipinski definition) is 5. The maximum atomic E-state index is 11.4. The molecule has 0 saturated carbocycles. The zero-order chi connectivity index (χ0) is 13.0. The van der Waals surface area contributed by atoms with Crippen LogP contribution in [-0.2, 0) is 22.7 Å². The van der Waals surface area contributed by atoms with E-state index in [4.69, 9.17) is 0 Å². The highest BCUT2D eigenvalue weighted by Gasteiger charge is 2.24. The topological polar surface area (TPSA) is 59.1 Å².